The van der Waals surface area contributed by atoms with E-state index >= 15 is 0 Å². The standard InChI is InChI=1S/C12H14O3/c1-5-6(2)8(4)11-9(7(5)3)10(13)12(14)15-11/h13-14H,1-4H3. The van der Waals surface area contributed by atoms with Crippen molar-refractivity contribution in [3.05, 3.63) is 22.3 Å². The van der Waals surface area contributed by atoms with E-state index in [2.05, 4.69) is 0 Å². The summed E-state index contributed by atoms with van der Waals surface area (Å²) in [6.07, 6.45) is 0. The highest BCUT2D eigenvalue weighted by Crippen LogP contribution is 2.42. The molecule has 0 radical (unpaired) electrons. The van der Waals surface area contributed by atoms with Gasteiger partial charge in [-0.3, -0.25) is 0 Å². The predicted octanol–water partition coefficient (Wildman–Crippen LogP) is 3.08. The maximum absolute atomic E-state index is 9.68. The summed E-state index contributed by atoms with van der Waals surface area (Å²) in [4.78, 5) is 0. The van der Waals surface area contributed by atoms with Crippen molar-refractivity contribution in [1.82, 2.24) is 0 Å². The number of aromatic hydroxyl groups is 2. The number of aryl methyl sites for hydroxylation is 2. The first-order chi connectivity index (χ1) is 6.95. The van der Waals surface area contributed by atoms with Crippen LogP contribution in [0.3, 0.4) is 0 Å². The highest BCUT2D eigenvalue weighted by atomic mass is 16.5. The van der Waals surface area contributed by atoms with Gasteiger partial charge in [-0.2, -0.15) is 0 Å². The van der Waals surface area contributed by atoms with Crippen molar-refractivity contribution in [1.29, 1.82) is 0 Å². The van der Waals surface area contributed by atoms with E-state index in [-0.39, 0.29) is 5.75 Å². The number of benzene rings is 1. The van der Waals surface area contributed by atoms with Crippen LogP contribution in [0.5, 0.6) is 11.7 Å². The quantitative estimate of drug-likeness (QED) is 0.696. The SMILES string of the molecule is Cc1c(C)c(C)c2c(O)c(O)oc2c1C. The molecule has 2 aromatic rings. The molecule has 0 saturated heterocycles. The first kappa shape index (κ1) is 9.90. The molecule has 0 aliphatic carbocycles. The zero-order chi connectivity index (χ0) is 11.3. The van der Waals surface area contributed by atoms with Crippen LogP contribution >= 0.6 is 0 Å². The summed E-state index contributed by atoms with van der Waals surface area (Å²) in [5.74, 6) is -0.560. The van der Waals surface area contributed by atoms with Gasteiger partial charge in [-0.05, 0) is 49.9 Å². The van der Waals surface area contributed by atoms with Crippen LogP contribution in [0.2, 0.25) is 0 Å². The summed E-state index contributed by atoms with van der Waals surface area (Å²) >= 11 is 0. The summed E-state index contributed by atoms with van der Waals surface area (Å²) in [5, 5.41) is 19.7. The van der Waals surface area contributed by atoms with Crippen LogP contribution in [-0.4, -0.2) is 10.2 Å². The van der Waals surface area contributed by atoms with E-state index in [9.17, 15) is 10.2 Å². The molecule has 80 valence electrons. The molecule has 0 spiro atoms. The van der Waals surface area contributed by atoms with Gasteiger partial charge in [0.05, 0.1) is 5.39 Å². The van der Waals surface area contributed by atoms with Crippen molar-refractivity contribution in [3.63, 3.8) is 0 Å². The summed E-state index contributed by atoms with van der Waals surface area (Å²) in [7, 11) is 0. The van der Waals surface area contributed by atoms with Crippen LogP contribution in [0.15, 0.2) is 4.42 Å². The van der Waals surface area contributed by atoms with Gasteiger partial charge in [0.1, 0.15) is 5.58 Å². The largest absolute Gasteiger partial charge is 0.501 e. The molecule has 1 aromatic heterocycles. The molecule has 0 bridgehead atoms. The maximum atomic E-state index is 9.68. The molecule has 0 aliphatic heterocycles. The molecule has 15 heavy (non-hydrogen) atoms. The van der Waals surface area contributed by atoms with Crippen molar-refractivity contribution in [2.24, 2.45) is 0 Å². The Bertz CT molecular complexity index is 550. The minimum absolute atomic E-state index is 0.159. The Morgan fingerprint density at radius 1 is 0.800 bits per heavy atom. The van der Waals surface area contributed by atoms with Gasteiger partial charge in [-0.15, -0.1) is 0 Å². The molecule has 0 aliphatic rings. The Morgan fingerprint density at radius 2 is 1.33 bits per heavy atom. The monoisotopic (exact) mass is 206 g/mol. The van der Waals surface area contributed by atoms with Crippen molar-refractivity contribution in [2.45, 2.75) is 27.7 Å². The van der Waals surface area contributed by atoms with Crippen LogP contribution in [-0.2, 0) is 0 Å². The minimum atomic E-state index is -0.402. The van der Waals surface area contributed by atoms with E-state index in [0.717, 1.165) is 22.3 Å². The summed E-state index contributed by atoms with van der Waals surface area (Å²) in [6.45, 7) is 7.85. The molecule has 0 atom stereocenters. The average molecular weight is 206 g/mol. The Balaban J connectivity index is 3.07. The number of hydrogen-bond donors (Lipinski definition) is 2. The van der Waals surface area contributed by atoms with Crippen LogP contribution in [0.25, 0.3) is 11.0 Å². The zero-order valence-corrected chi connectivity index (χ0v) is 9.30. The number of rotatable bonds is 0. The molecule has 0 amide bonds. The smallest absolute Gasteiger partial charge is 0.327 e. The molecule has 3 heteroatoms. The van der Waals surface area contributed by atoms with E-state index in [1.54, 1.807) is 0 Å². The van der Waals surface area contributed by atoms with Crippen LogP contribution < -0.4 is 0 Å². The third-order valence-corrected chi connectivity index (χ3v) is 3.27. The van der Waals surface area contributed by atoms with E-state index < -0.39 is 5.95 Å². The second-order valence-electron chi connectivity index (χ2n) is 3.96. The number of hydrogen-bond acceptors (Lipinski definition) is 3. The fourth-order valence-corrected chi connectivity index (χ4v) is 1.94. The van der Waals surface area contributed by atoms with Gasteiger partial charge in [-0.1, -0.05) is 0 Å². The van der Waals surface area contributed by atoms with Crippen molar-refractivity contribution >= 4 is 11.0 Å². The third-order valence-electron chi connectivity index (χ3n) is 3.27. The lowest BCUT2D eigenvalue weighted by Gasteiger charge is -2.09. The topological polar surface area (TPSA) is 53.6 Å². The van der Waals surface area contributed by atoms with E-state index in [1.165, 1.54) is 0 Å². The van der Waals surface area contributed by atoms with E-state index in [0.29, 0.717) is 11.0 Å². The predicted molar refractivity (Wildman–Crippen MR) is 58.5 cm³/mol. The Hall–Kier alpha value is -1.64. The van der Waals surface area contributed by atoms with Crippen molar-refractivity contribution in [2.75, 3.05) is 0 Å². The fraction of sp³-hybridized carbons (Fsp3) is 0.333. The molecule has 2 N–H and O–H groups in total. The van der Waals surface area contributed by atoms with E-state index in [4.69, 9.17) is 4.42 Å². The van der Waals surface area contributed by atoms with Crippen molar-refractivity contribution in [3.8, 4) is 11.7 Å². The highest BCUT2D eigenvalue weighted by Gasteiger charge is 2.19. The maximum Gasteiger partial charge on any atom is 0.327 e. The summed E-state index contributed by atoms with van der Waals surface area (Å²) in [6, 6.07) is 0. The lowest BCUT2D eigenvalue weighted by molar-refractivity contribution is 0.316. The van der Waals surface area contributed by atoms with Crippen LogP contribution in [0.1, 0.15) is 22.3 Å². The zero-order valence-electron chi connectivity index (χ0n) is 9.30. The minimum Gasteiger partial charge on any atom is -0.501 e. The van der Waals surface area contributed by atoms with Gasteiger partial charge >= 0.3 is 5.95 Å². The van der Waals surface area contributed by atoms with Gasteiger partial charge in [0.15, 0.2) is 0 Å². The van der Waals surface area contributed by atoms with Crippen molar-refractivity contribution < 1.29 is 14.6 Å². The van der Waals surface area contributed by atoms with Gasteiger partial charge in [0.2, 0.25) is 5.75 Å². The molecule has 3 nitrogen and oxygen atoms in total. The van der Waals surface area contributed by atoms with Gasteiger partial charge < -0.3 is 14.6 Å². The molecular weight excluding hydrogens is 192 g/mol. The molecule has 1 aromatic carbocycles. The molecule has 1 heterocycles. The lowest BCUT2D eigenvalue weighted by Crippen LogP contribution is -1.91. The van der Waals surface area contributed by atoms with Gasteiger partial charge in [0, 0.05) is 0 Å². The highest BCUT2D eigenvalue weighted by molar-refractivity contribution is 5.93. The second-order valence-corrected chi connectivity index (χ2v) is 3.96. The Morgan fingerprint density at radius 3 is 1.93 bits per heavy atom. The number of fused-ring (bicyclic) bond motifs is 1. The average Bonchev–Trinajstić information content (AvgIpc) is 2.50. The molecule has 0 saturated carbocycles. The first-order valence-electron chi connectivity index (χ1n) is 4.86. The second kappa shape index (κ2) is 2.92. The molecule has 2 rings (SSSR count). The van der Waals surface area contributed by atoms with Crippen LogP contribution in [0.4, 0.5) is 0 Å². The summed E-state index contributed by atoms with van der Waals surface area (Å²) < 4.78 is 5.15. The Kier molecular flexibility index (Phi) is 1.93. The Labute approximate surface area is 88.0 Å². The molecule has 0 unspecified atom stereocenters. The third kappa shape index (κ3) is 1.12. The normalized spacial score (nSPS) is 11.2. The first-order valence-corrected chi connectivity index (χ1v) is 4.86. The van der Waals surface area contributed by atoms with Crippen LogP contribution in [0, 0.1) is 27.7 Å². The van der Waals surface area contributed by atoms with Gasteiger partial charge in [-0.25, -0.2) is 0 Å². The fourth-order valence-electron chi connectivity index (χ4n) is 1.94. The summed E-state index contributed by atoms with van der Waals surface area (Å²) in [5.41, 5.74) is 4.74. The van der Waals surface area contributed by atoms with E-state index in [1.807, 2.05) is 27.7 Å². The molecular formula is C12H14O3. The lowest BCUT2D eigenvalue weighted by atomic mass is 9.96. The number of furan rings is 1. The molecule has 0 fully saturated rings. The van der Waals surface area contributed by atoms with Gasteiger partial charge in [0.25, 0.3) is 0 Å².